The van der Waals surface area contributed by atoms with Crippen molar-refractivity contribution in [2.75, 3.05) is 44.6 Å². The molecule has 1 heterocycles. The molecule has 182 valence electrons. The largest absolute Gasteiger partial charge is 0.337 e. The Balaban J connectivity index is 1.47. The van der Waals surface area contributed by atoms with E-state index in [1.54, 1.807) is 30.0 Å². The summed E-state index contributed by atoms with van der Waals surface area (Å²) in [5.41, 5.74) is 2.69. The summed E-state index contributed by atoms with van der Waals surface area (Å²) in [5, 5.41) is 2.99. The topological polar surface area (TPSA) is 98.8 Å². The molecule has 2 aromatic rings. The average molecular weight is 485 g/mol. The molecule has 1 aliphatic rings. The van der Waals surface area contributed by atoms with Crippen LogP contribution in [0.4, 0.5) is 5.69 Å². The van der Waals surface area contributed by atoms with Crippen LogP contribution in [0.2, 0.25) is 0 Å². The van der Waals surface area contributed by atoms with Crippen LogP contribution >= 0.6 is 0 Å². The van der Waals surface area contributed by atoms with Gasteiger partial charge in [-0.05, 0) is 41.8 Å². The lowest BCUT2D eigenvalue weighted by Crippen LogP contribution is -2.50. The van der Waals surface area contributed by atoms with Crippen LogP contribution in [0, 0.1) is 0 Å². The number of hydrogen-bond acceptors (Lipinski definition) is 5. The summed E-state index contributed by atoms with van der Waals surface area (Å²) in [6.07, 6.45) is 4.03. The van der Waals surface area contributed by atoms with Crippen molar-refractivity contribution in [1.82, 2.24) is 14.5 Å². The number of benzene rings is 2. The summed E-state index contributed by atoms with van der Waals surface area (Å²) in [6.45, 7) is 6.73. The minimum atomic E-state index is -3.49. The van der Waals surface area contributed by atoms with Crippen molar-refractivity contribution in [3.05, 3.63) is 65.7 Å². The van der Waals surface area contributed by atoms with Gasteiger partial charge in [0.15, 0.2) is 0 Å². The van der Waals surface area contributed by atoms with Crippen LogP contribution in [0.3, 0.4) is 0 Å². The number of carbonyl (C=O) groups is 2. The zero-order valence-corrected chi connectivity index (χ0v) is 20.5. The van der Waals surface area contributed by atoms with Gasteiger partial charge in [0.1, 0.15) is 0 Å². The third kappa shape index (κ3) is 6.99. The Bertz CT molecular complexity index is 1120. The van der Waals surface area contributed by atoms with Gasteiger partial charge in [0.25, 0.3) is 0 Å². The van der Waals surface area contributed by atoms with Gasteiger partial charge in [0.2, 0.25) is 21.8 Å². The van der Waals surface area contributed by atoms with E-state index in [0.29, 0.717) is 32.7 Å². The lowest BCUT2D eigenvalue weighted by Gasteiger charge is -2.33. The number of nitrogens with one attached hydrogen (secondary N) is 2. The number of amides is 2. The predicted molar refractivity (Wildman–Crippen MR) is 134 cm³/mol. The van der Waals surface area contributed by atoms with Gasteiger partial charge in [-0.1, -0.05) is 44.2 Å². The number of anilines is 1. The molecule has 0 aliphatic carbocycles. The van der Waals surface area contributed by atoms with Crippen LogP contribution in [0.1, 0.15) is 25.0 Å². The van der Waals surface area contributed by atoms with E-state index < -0.39 is 10.0 Å². The second kappa shape index (κ2) is 11.9. The molecule has 0 bridgehead atoms. The SMILES string of the molecule is CCNS(=O)(=O)c1ccc(/C=C/C(=O)N2CCN(CC(=O)Nc3ccccc3CC)CC2)cc1. The van der Waals surface area contributed by atoms with Crippen molar-refractivity contribution in [3.8, 4) is 0 Å². The Kier molecular flexibility index (Phi) is 8.98. The summed E-state index contributed by atoms with van der Waals surface area (Å²) in [6, 6.07) is 14.2. The van der Waals surface area contributed by atoms with E-state index in [1.165, 1.54) is 18.2 Å². The summed E-state index contributed by atoms with van der Waals surface area (Å²) in [4.78, 5) is 29.0. The van der Waals surface area contributed by atoms with E-state index in [-0.39, 0.29) is 23.3 Å². The van der Waals surface area contributed by atoms with Gasteiger partial charge >= 0.3 is 0 Å². The Labute approximate surface area is 201 Å². The maximum atomic E-state index is 12.6. The van der Waals surface area contributed by atoms with E-state index in [1.807, 2.05) is 29.2 Å². The first-order chi connectivity index (χ1) is 16.3. The van der Waals surface area contributed by atoms with E-state index in [9.17, 15) is 18.0 Å². The summed E-state index contributed by atoms with van der Waals surface area (Å²) in [5.74, 6) is -0.162. The summed E-state index contributed by atoms with van der Waals surface area (Å²) < 4.78 is 26.5. The molecular formula is C25H32N4O4S. The van der Waals surface area contributed by atoms with E-state index in [4.69, 9.17) is 0 Å². The maximum absolute atomic E-state index is 12.6. The monoisotopic (exact) mass is 484 g/mol. The fourth-order valence-corrected chi connectivity index (χ4v) is 4.82. The van der Waals surface area contributed by atoms with Crippen molar-refractivity contribution < 1.29 is 18.0 Å². The van der Waals surface area contributed by atoms with Crippen molar-refractivity contribution in [2.24, 2.45) is 0 Å². The molecule has 0 radical (unpaired) electrons. The average Bonchev–Trinajstić information content (AvgIpc) is 2.83. The molecule has 0 atom stereocenters. The smallest absolute Gasteiger partial charge is 0.246 e. The highest BCUT2D eigenvalue weighted by Crippen LogP contribution is 2.16. The van der Waals surface area contributed by atoms with E-state index in [0.717, 1.165) is 23.2 Å². The molecule has 0 spiro atoms. The molecule has 0 aromatic heterocycles. The standard InChI is InChI=1S/C25H32N4O4S/c1-3-21-7-5-6-8-23(21)27-24(30)19-28-15-17-29(18-16-28)25(31)14-11-20-9-12-22(13-10-20)34(32,33)26-4-2/h5-14,26H,3-4,15-19H2,1-2H3,(H,27,30)/b14-11+. The number of piperazine rings is 1. The highest BCUT2D eigenvalue weighted by atomic mass is 32.2. The summed E-state index contributed by atoms with van der Waals surface area (Å²) >= 11 is 0. The first-order valence-corrected chi connectivity index (χ1v) is 13.0. The number of rotatable bonds is 9. The van der Waals surface area contributed by atoms with Crippen molar-refractivity contribution >= 4 is 33.6 Å². The number of sulfonamides is 1. The van der Waals surface area contributed by atoms with Crippen molar-refractivity contribution in [1.29, 1.82) is 0 Å². The van der Waals surface area contributed by atoms with Gasteiger partial charge in [0, 0.05) is 44.5 Å². The van der Waals surface area contributed by atoms with Gasteiger partial charge in [0.05, 0.1) is 11.4 Å². The second-order valence-corrected chi connectivity index (χ2v) is 9.83. The van der Waals surface area contributed by atoms with Crippen LogP contribution in [0.5, 0.6) is 0 Å². The molecule has 2 N–H and O–H groups in total. The van der Waals surface area contributed by atoms with Crippen LogP contribution in [-0.2, 0) is 26.0 Å². The molecule has 0 unspecified atom stereocenters. The molecular weight excluding hydrogens is 452 g/mol. The number of hydrogen-bond donors (Lipinski definition) is 2. The first-order valence-electron chi connectivity index (χ1n) is 11.5. The fourth-order valence-electron chi connectivity index (χ4n) is 3.77. The minimum Gasteiger partial charge on any atom is -0.337 e. The predicted octanol–water partition coefficient (Wildman–Crippen LogP) is 2.34. The van der Waals surface area contributed by atoms with Crippen LogP contribution in [0.25, 0.3) is 6.08 Å². The highest BCUT2D eigenvalue weighted by molar-refractivity contribution is 7.89. The van der Waals surface area contributed by atoms with Gasteiger partial charge in [-0.25, -0.2) is 13.1 Å². The quantitative estimate of drug-likeness (QED) is 0.533. The Morgan fingerprint density at radius 2 is 1.65 bits per heavy atom. The van der Waals surface area contributed by atoms with Gasteiger partial charge < -0.3 is 10.2 Å². The zero-order valence-electron chi connectivity index (χ0n) is 19.7. The lowest BCUT2D eigenvalue weighted by molar-refractivity contribution is -0.127. The van der Waals surface area contributed by atoms with Crippen molar-refractivity contribution in [2.45, 2.75) is 25.2 Å². The van der Waals surface area contributed by atoms with Crippen LogP contribution in [0.15, 0.2) is 59.5 Å². The summed E-state index contributed by atoms with van der Waals surface area (Å²) in [7, 11) is -3.49. The molecule has 1 saturated heterocycles. The number of carbonyl (C=O) groups excluding carboxylic acids is 2. The van der Waals surface area contributed by atoms with E-state index in [2.05, 4.69) is 17.0 Å². The van der Waals surface area contributed by atoms with Gasteiger partial charge in [-0.3, -0.25) is 14.5 Å². The van der Waals surface area contributed by atoms with Crippen LogP contribution < -0.4 is 10.0 Å². The first kappa shape index (κ1) is 25.6. The van der Waals surface area contributed by atoms with E-state index >= 15 is 0 Å². The molecule has 2 aromatic carbocycles. The molecule has 3 rings (SSSR count). The Morgan fingerprint density at radius 1 is 0.971 bits per heavy atom. The van der Waals surface area contributed by atoms with Crippen LogP contribution in [-0.4, -0.2) is 69.3 Å². The molecule has 0 saturated carbocycles. The number of nitrogens with zero attached hydrogens (tertiary/aromatic N) is 2. The van der Waals surface area contributed by atoms with Gasteiger partial charge in [-0.15, -0.1) is 0 Å². The molecule has 1 fully saturated rings. The fraction of sp³-hybridized carbons (Fsp3) is 0.360. The third-order valence-electron chi connectivity index (χ3n) is 5.67. The molecule has 1 aliphatic heterocycles. The Hall–Kier alpha value is -3.01. The normalized spacial score (nSPS) is 14.9. The van der Waals surface area contributed by atoms with Gasteiger partial charge in [-0.2, -0.15) is 0 Å². The molecule has 8 nitrogen and oxygen atoms in total. The number of aryl methyl sites for hydroxylation is 1. The lowest BCUT2D eigenvalue weighted by atomic mass is 10.1. The Morgan fingerprint density at radius 3 is 2.29 bits per heavy atom. The maximum Gasteiger partial charge on any atom is 0.246 e. The molecule has 2 amide bonds. The highest BCUT2D eigenvalue weighted by Gasteiger charge is 2.21. The minimum absolute atomic E-state index is 0.0554. The third-order valence-corrected chi connectivity index (χ3v) is 7.23. The number of para-hydroxylation sites is 1. The second-order valence-electron chi connectivity index (χ2n) is 8.06. The van der Waals surface area contributed by atoms with Crippen molar-refractivity contribution in [3.63, 3.8) is 0 Å². The zero-order chi connectivity index (χ0) is 24.6. The molecule has 34 heavy (non-hydrogen) atoms. The molecule has 9 heteroatoms.